The number of azo groups is 1. The van der Waals surface area contributed by atoms with Crippen LogP contribution >= 0.6 is 0 Å². The number of benzene rings is 4. The number of nitrogens with zero attached hydrogens (tertiary/aromatic N) is 2. The second-order valence-electron chi connectivity index (χ2n) is 7.10. The normalized spacial score (nSPS) is 11.6. The van der Waals surface area contributed by atoms with E-state index in [-0.39, 0.29) is 97.4 Å². The Hall–Kier alpha value is -1.20. The molecule has 14 heteroatoms. The summed E-state index contributed by atoms with van der Waals surface area (Å²) in [4.78, 5) is -1.21. The number of hydrogen-bond donors (Lipinski definition) is 2. The molecule has 0 spiro atoms. The van der Waals surface area contributed by atoms with Crippen LogP contribution in [0.3, 0.4) is 0 Å². The molecule has 174 valence electrons. The molecule has 10 nitrogen and oxygen atoms in total. The molecule has 4 aromatic rings. The predicted molar refractivity (Wildman–Crippen MR) is 122 cm³/mol. The molecule has 4 rings (SSSR count). The summed E-state index contributed by atoms with van der Waals surface area (Å²) >= 11 is 0. The molecule has 0 bridgehead atoms. The topological polar surface area (TPSA) is 171 Å². The van der Waals surface area contributed by atoms with Crippen LogP contribution in [0.1, 0.15) is 0 Å². The Kier molecular flexibility index (Phi) is 10.8. The van der Waals surface area contributed by atoms with Gasteiger partial charge in [0.25, 0.3) is 10.1 Å². The minimum Gasteiger partial charge on any atom is -0.871 e. The molecule has 0 fully saturated rings. The van der Waals surface area contributed by atoms with E-state index in [1.807, 2.05) is 30.3 Å². The van der Waals surface area contributed by atoms with Crippen LogP contribution in [-0.2, 0) is 20.2 Å². The van der Waals surface area contributed by atoms with E-state index in [0.717, 1.165) is 36.0 Å². The van der Waals surface area contributed by atoms with Gasteiger partial charge in [0.15, 0.2) is 0 Å². The van der Waals surface area contributed by atoms with Gasteiger partial charge in [0.2, 0.25) is 0 Å². The summed E-state index contributed by atoms with van der Waals surface area (Å²) < 4.78 is 66.6. The number of nitrogens with one attached hydrogen (secondary N) is 1. The van der Waals surface area contributed by atoms with E-state index < -0.39 is 41.5 Å². The fourth-order valence-corrected chi connectivity index (χ4v) is 4.30. The van der Waals surface area contributed by atoms with E-state index in [1.165, 1.54) is 12.1 Å². The third-order valence-corrected chi connectivity index (χ3v) is 6.48. The first kappa shape index (κ1) is 31.0. The predicted octanol–water partition coefficient (Wildman–Crippen LogP) is -1.77. The summed E-state index contributed by atoms with van der Waals surface area (Å²) in [5.74, 6) is -0.788. The molecule has 0 saturated heterocycles. The number of rotatable bonds is 6. The molecule has 0 aliphatic carbocycles. The molecule has 0 aliphatic rings. The van der Waals surface area contributed by atoms with E-state index in [0.29, 0.717) is 5.69 Å². The zero-order valence-electron chi connectivity index (χ0n) is 19.1. The zero-order valence-corrected chi connectivity index (χ0v) is 25.9. The second-order valence-corrected chi connectivity index (χ2v) is 9.87. The maximum atomic E-state index is 13.1. The summed E-state index contributed by atoms with van der Waals surface area (Å²) in [6.07, 6.45) is 0. The van der Waals surface area contributed by atoms with Crippen LogP contribution in [0, 0.1) is 0 Å². The molecule has 0 heterocycles. The molecule has 0 aromatic heterocycles. The number of para-hydroxylation sites is 1. The van der Waals surface area contributed by atoms with Gasteiger partial charge in [-0.2, -0.15) is 13.5 Å². The second kappa shape index (κ2) is 12.6. The Morgan fingerprint density at radius 3 is 2.03 bits per heavy atom. The molecule has 4 aromatic carbocycles. The van der Waals surface area contributed by atoms with Crippen LogP contribution in [0.2, 0.25) is 0 Å². The van der Waals surface area contributed by atoms with Gasteiger partial charge in [0, 0.05) is 11.4 Å². The Labute approximate surface area is 272 Å². The fraction of sp³-hybridized carbons (Fsp3) is 0. The average molecular weight is 560 g/mol. The Balaban J connectivity index is 0.00000228. The first-order chi connectivity index (χ1) is 16.0. The summed E-state index contributed by atoms with van der Waals surface area (Å²) in [5, 5.41) is 24.1. The number of hydrogen-bond acceptors (Lipinski definition) is 9. The van der Waals surface area contributed by atoms with Crippen molar-refractivity contribution in [1.29, 1.82) is 0 Å². The zero-order chi connectivity index (χ0) is 24.5. The molecule has 0 unspecified atom stereocenters. The van der Waals surface area contributed by atoms with Crippen molar-refractivity contribution in [1.82, 2.24) is 0 Å². The van der Waals surface area contributed by atoms with Gasteiger partial charge in [-0.3, -0.25) is 4.55 Å². The number of fused-ring (bicyclic) bond motifs is 1. The largest absolute Gasteiger partial charge is 1.00 e. The first-order valence-electron chi connectivity index (χ1n) is 9.57. The summed E-state index contributed by atoms with van der Waals surface area (Å²) in [6, 6.07) is 19.3. The van der Waals surface area contributed by atoms with Crippen molar-refractivity contribution in [3.63, 3.8) is 0 Å². The van der Waals surface area contributed by atoms with Gasteiger partial charge in [-0.25, -0.2) is 8.42 Å². The molecule has 0 radical (unpaired) electrons. The monoisotopic (exact) mass is 559 g/mol. The quantitative estimate of drug-likeness (QED) is 0.159. The maximum absolute atomic E-state index is 13.1. The Morgan fingerprint density at radius 1 is 0.806 bits per heavy atom. The molecular weight excluding hydrogens is 544 g/mol. The van der Waals surface area contributed by atoms with E-state index >= 15 is 0 Å². The molecule has 0 saturated carbocycles. The first-order valence-corrected chi connectivity index (χ1v) is 12.4. The maximum Gasteiger partial charge on any atom is 1.00 e. The van der Waals surface area contributed by atoms with Crippen molar-refractivity contribution >= 4 is 53.8 Å². The van der Waals surface area contributed by atoms with Crippen molar-refractivity contribution in [2.24, 2.45) is 10.2 Å². The van der Waals surface area contributed by atoms with Crippen molar-refractivity contribution in [2.75, 3.05) is 5.32 Å². The molecule has 0 atom stereocenters. The van der Waals surface area contributed by atoms with Gasteiger partial charge in [-0.05, 0) is 65.4 Å². The molecule has 36 heavy (non-hydrogen) atoms. The van der Waals surface area contributed by atoms with Crippen LogP contribution in [0.25, 0.3) is 10.8 Å². The van der Waals surface area contributed by atoms with Crippen LogP contribution in [-0.4, -0.2) is 25.9 Å². The van der Waals surface area contributed by atoms with E-state index in [1.54, 1.807) is 6.07 Å². The van der Waals surface area contributed by atoms with Gasteiger partial charge in [0.05, 0.1) is 16.3 Å². The van der Waals surface area contributed by atoms with Gasteiger partial charge >= 0.3 is 80.9 Å². The van der Waals surface area contributed by atoms with Gasteiger partial charge < -0.3 is 15.0 Å². The van der Waals surface area contributed by atoms with E-state index in [4.69, 9.17) is 0 Å². The average Bonchev–Trinajstić information content (AvgIpc) is 2.78. The summed E-state index contributed by atoms with van der Waals surface area (Å²) in [5.41, 5.74) is 0.764. The Bertz CT molecular complexity index is 1630. The van der Waals surface area contributed by atoms with E-state index in [2.05, 4.69) is 15.5 Å². The van der Waals surface area contributed by atoms with Crippen molar-refractivity contribution in [2.45, 2.75) is 9.79 Å². The van der Waals surface area contributed by atoms with Gasteiger partial charge in [0.1, 0.15) is 15.0 Å². The summed E-state index contributed by atoms with van der Waals surface area (Å²) in [7, 11) is -9.49. The minimum atomic E-state index is -4.83. The summed E-state index contributed by atoms with van der Waals surface area (Å²) in [6.45, 7) is 0. The van der Waals surface area contributed by atoms with Gasteiger partial charge in [-0.1, -0.05) is 30.0 Å². The SMILES string of the molecule is O=S(=O)([O-])c1ccc(N=Nc2c(S(=O)(=O)O)cc3ccc(Nc4ccccc4)cc3c2[O-])cc1.[K+].[Na+]. The Morgan fingerprint density at radius 2 is 1.44 bits per heavy atom. The smallest absolute Gasteiger partial charge is 0.871 e. The minimum absolute atomic E-state index is 0. The van der Waals surface area contributed by atoms with Crippen molar-refractivity contribution in [3.05, 3.63) is 78.9 Å². The molecule has 2 N–H and O–H groups in total. The number of anilines is 2. The van der Waals surface area contributed by atoms with Crippen LogP contribution in [0.4, 0.5) is 22.7 Å². The fourth-order valence-electron chi connectivity index (χ4n) is 3.17. The van der Waals surface area contributed by atoms with Crippen LogP contribution in [0.5, 0.6) is 5.75 Å². The molecule has 0 aliphatic heterocycles. The van der Waals surface area contributed by atoms with Crippen LogP contribution < -0.4 is 91.4 Å². The third kappa shape index (κ3) is 7.43. The molecule has 0 amide bonds. The third-order valence-electron chi connectivity index (χ3n) is 4.76. The van der Waals surface area contributed by atoms with Crippen molar-refractivity contribution in [3.8, 4) is 5.75 Å². The van der Waals surface area contributed by atoms with Crippen LogP contribution in [0.15, 0.2) is 98.9 Å². The van der Waals surface area contributed by atoms with Gasteiger partial charge in [-0.15, -0.1) is 5.11 Å². The standard InChI is InChI=1S/C22H17N3O7S2.K.Na/c26-22-19-13-17(23-15-4-2-1-3-5-15)7-6-14(19)12-20(34(30,31)32)21(22)25-24-16-8-10-18(11-9-16)33(27,28)29;;/h1-13,23,26H,(H,27,28,29)(H,30,31,32);;/q;2*+1/p-2. The van der Waals surface area contributed by atoms with Crippen molar-refractivity contribution < 1.29 is 112 Å². The molecular formula is C22H15KN3NaO7S2. The van der Waals surface area contributed by atoms with E-state index in [9.17, 15) is 31.0 Å².